The predicted molar refractivity (Wildman–Crippen MR) is 111 cm³/mol. The second-order valence-corrected chi connectivity index (χ2v) is 7.28. The van der Waals surface area contributed by atoms with Gasteiger partial charge in [-0.2, -0.15) is 0 Å². The number of nitrogens with zero attached hydrogens (tertiary/aromatic N) is 3. The van der Waals surface area contributed by atoms with Gasteiger partial charge in [0, 0.05) is 43.7 Å². The maximum Gasteiger partial charge on any atom is 0.223 e. The molecule has 1 aliphatic heterocycles. The highest BCUT2D eigenvalue weighted by atomic mass is 35.5. The van der Waals surface area contributed by atoms with Crippen molar-refractivity contribution < 1.29 is 9.32 Å². The van der Waals surface area contributed by atoms with Crippen LogP contribution in [0.25, 0.3) is 11.3 Å². The lowest BCUT2D eigenvalue weighted by Gasteiger charge is -2.36. The van der Waals surface area contributed by atoms with Gasteiger partial charge in [0.1, 0.15) is 12.0 Å². The molecule has 3 aromatic rings. The first-order valence-corrected chi connectivity index (χ1v) is 9.86. The van der Waals surface area contributed by atoms with Crippen molar-refractivity contribution in [1.29, 1.82) is 0 Å². The van der Waals surface area contributed by atoms with Gasteiger partial charge < -0.3 is 14.3 Å². The van der Waals surface area contributed by atoms with E-state index in [1.54, 1.807) is 6.26 Å². The van der Waals surface area contributed by atoms with Gasteiger partial charge in [-0.15, -0.1) is 0 Å². The normalized spacial score (nSPS) is 14.3. The molecule has 0 aliphatic carbocycles. The summed E-state index contributed by atoms with van der Waals surface area (Å²) in [7, 11) is 0. The third-order valence-electron chi connectivity index (χ3n) is 5.12. The Balaban J connectivity index is 1.33. The van der Waals surface area contributed by atoms with Crippen molar-refractivity contribution in [2.75, 3.05) is 31.1 Å². The second-order valence-electron chi connectivity index (χ2n) is 6.87. The van der Waals surface area contributed by atoms with E-state index < -0.39 is 0 Å². The summed E-state index contributed by atoms with van der Waals surface area (Å²) in [5.41, 5.74) is 3.83. The standard InChI is InChI=1S/C22H22ClN3O2/c23-19-8-4-5-9-20(19)25-12-14-26(15-13-25)21(27)11-10-18-16-28-24-22(18)17-6-2-1-3-7-17/h1-9,16H,10-15H2. The van der Waals surface area contributed by atoms with Gasteiger partial charge >= 0.3 is 0 Å². The highest BCUT2D eigenvalue weighted by Gasteiger charge is 2.22. The zero-order valence-electron chi connectivity index (χ0n) is 15.6. The molecule has 0 atom stereocenters. The minimum atomic E-state index is 0.166. The Labute approximate surface area is 169 Å². The number of hydrogen-bond donors (Lipinski definition) is 0. The average molecular weight is 396 g/mol. The summed E-state index contributed by atoms with van der Waals surface area (Å²) >= 11 is 6.29. The van der Waals surface area contributed by atoms with Gasteiger partial charge in [-0.1, -0.05) is 59.2 Å². The number of piperazine rings is 1. The number of rotatable bonds is 5. The lowest BCUT2D eigenvalue weighted by Crippen LogP contribution is -2.48. The molecule has 5 nitrogen and oxygen atoms in total. The van der Waals surface area contributed by atoms with Gasteiger partial charge in [-0.25, -0.2) is 0 Å². The molecule has 1 saturated heterocycles. The first-order valence-electron chi connectivity index (χ1n) is 9.48. The summed E-state index contributed by atoms with van der Waals surface area (Å²) in [6.45, 7) is 2.99. The molecule has 1 amide bonds. The van der Waals surface area contributed by atoms with Crippen LogP contribution in [0.5, 0.6) is 0 Å². The van der Waals surface area contributed by atoms with E-state index in [9.17, 15) is 4.79 Å². The van der Waals surface area contributed by atoms with Crippen LogP contribution in [0.1, 0.15) is 12.0 Å². The Morgan fingerprint density at radius 1 is 1.00 bits per heavy atom. The van der Waals surface area contributed by atoms with E-state index in [0.29, 0.717) is 25.9 Å². The molecule has 1 aromatic heterocycles. The Morgan fingerprint density at radius 2 is 1.71 bits per heavy atom. The van der Waals surface area contributed by atoms with E-state index in [0.717, 1.165) is 40.6 Å². The number of hydrogen-bond acceptors (Lipinski definition) is 4. The zero-order valence-corrected chi connectivity index (χ0v) is 16.3. The number of carbonyl (C=O) groups is 1. The van der Waals surface area contributed by atoms with Crippen LogP contribution < -0.4 is 4.90 Å². The van der Waals surface area contributed by atoms with Crippen LogP contribution in [0.4, 0.5) is 5.69 Å². The number of halogens is 1. The lowest BCUT2D eigenvalue weighted by atomic mass is 10.0. The Kier molecular flexibility index (Phi) is 5.63. The molecule has 1 aliphatic rings. The molecule has 1 fully saturated rings. The molecular formula is C22H22ClN3O2. The minimum absolute atomic E-state index is 0.166. The van der Waals surface area contributed by atoms with Crippen molar-refractivity contribution in [2.24, 2.45) is 0 Å². The van der Waals surface area contributed by atoms with Crippen molar-refractivity contribution in [3.8, 4) is 11.3 Å². The van der Waals surface area contributed by atoms with Crippen LogP contribution in [-0.2, 0) is 11.2 Å². The first-order chi connectivity index (χ1) is 13.7. The monoisotopic (exact) mass is 395 g/mol. The fourth-order valence-corrected chi connectivity index (χ4v) is 3.83. The van der Waals surface area contributed by atoms with Crippen molar-refractivity contribution in [1.82, 2.24) is 10.1 Å². The molecule has 2 heterocycles. The number of aryl methyl sites for hydroxylation is 1. The van der Waals surface area contributed by atoms with Crippen molar-refractivity contribution in [2.45, 2.75) is 12.8 Å². The van der Waals surface area contributed by atoms with Crippen molar-refractivity contribution in [3.05, 3.63) is 71.4 Å². The van der Waals surface area contributed by atoms with Crippen LogP contribution in [0.2, 0.25) is 5.02 Å². The first kappa shape index (κ1) is 18.6. The van der Waals surface area contributed by atoms with Crippen LogP contribution in [0.3, 0.4) is 0 Å². The molecule has 0 bridgehead atoms. The molecule has 6 heteroatoms. The van der Waals surface area contributed by atoms with Gasteiger partial charge in [0.2, 0.25) is 5.91 Å². The molecule has 0 radical (unpaired) electrons. The number of amides is 1. The van der Waals surface area contributed by atoms with Gasteiger partial charge in [-0.05, 0) is 18.6 Å². The molecular weight excluding hydrogens is 374 g/mol. The topological polar surface area (TPSA) is 49.6 Å². The number of para-hydroxylation sites is 1. The molecule has 0 unspecified atom stereocenters. The largest absolute Gasteiger partial charge is 0.367 e. The molecule has 0 N–H and O–H groups in total. The summed E-state index contributed by atoms with van der Waals surface area (Å²) in [6, 6.07) is 17.7. The molecule has 4 rings (SSSR count). The van der Waals surface area contributed by atoms with E-state index in [4.69, 9.17) is 16.1 Å². The fourth-order valence-electron chi connectivity index (χ4n) is 3.57. The summed E-state index contributed by atoms with van der Waals surface area (Å²) in [4.78, 5) is 16.9. The molecule has 0 saturated carbocycles. The average Bonchev–Trinajstić information content (AvgIpc) is 3.22. The number of carbonyl (C=O) groups excluding carboxylic acids is 1. The number of anilines is 1. The van der Waals surface area contributed by atoms with Gasteiger partial charge in [-0.3, -0.25) is 4.79 Å². The summed E-state index contributed by atoms with van der Waals surface area (Å²) < 4.78 is 5.16. The highest BCUT2D eigenvalue weighted by molar-refractivity contribution is 6.33. The van der Waals surface area contributed by atoms with Crippen molar-refractivity contribution in [3.63, 3.8) is 0 Å². The minimum Gasteiger partial charge on any atom is -0.367 e. The maximum atomic E-state index is 12.7. The fraction of sp³-hybridized carbons (Fsp3) is 0.273. The smallest absolute Gasteiger partial charge is 0.223 e. The van der Waals surface area contributed by atoms with Crippen LogP contribution in [-0.4, -0.2) is 42.1 Å². The van der Waals surface area contributed by atoms with E-state index in [2.05, 4.69) is 10.1 Å². The Morgan fingerprint density at radius 3 is 2.46 bits per heavy atom. The van der Waals surface area contributed by atoms with Gasteiger partial charge in [0.25, 0.3) is 0 Å². The van der Waals surface area contributed by atoms with Crippen LogP contribution >= 0.6 is 11.6 Å². The molecule has 28 heavy (non-hydrogen) atoms. The second kappa shape index (κ2) is 8.48. The summed E-state index contributed by atoms with van der Waals surface area (Å²) in [6.07, 6.45) is 2.72. The third-order valence-corrected chi connectivity index (χ3v) is 5.44. The van der Waals surface area contributed by atoms with E-state index in [1.807, 2.05) is 59.5 Å². The molecule has 0 spiro atoms. The van der Waals surface area contributed by atoms with Crippen LogP contribution in [0.15, 0.2) is 65.4 Å². The summed E-state index contributed by atoms with van der Waals surface area (Å²) in [5.74, 6) is 0.166. The van der Waals surface area contributed by atoms with E-state index in [-0.39, 0.29) is 5.91 Å². The SMILES string of the molecule is O=C(CCc1conc1-c1ccccc1)N1CCN(c2ccccc2Cl)CC1. The number of benzene rings is 2. The Bertz CT molecular complexity index is 934. The number of aromatic nitrogens is 1. The summed E-state index contributed by atoms with van der Waals surface area (Å²) in [5, 5.41) is 4.86. The predicted octanol–water partition coefficient (Wildman–Crippen LogP) is 4.28. The quantitative estimate of drug-likeness (QED) is 0.647. The zero-order chi connectivity index (χ0) is 19.3. The van der Waals surface area contributed by atoms with E-state index in [1.165, 1.54) is 0 Å². The third kappa shape index (κ3) is 4.04. The Hall–Kier alpha value is -2.79. The van der Waals surface area contributed by atoms with Gasteiger partial charge in [0.15, 0.2) is 0 Å². The molecule has 144 valence electrons. The van der Waals surface area contributed by atoms with Crippen molar-refractivity contribution >= 4 is 23.2 Å². The maximum absolute atomic E-state index is 12.7. The van der Waals surface area contributed by atoms with E-state index >= 15 is 0 Å². The van der Waals surface area contributed by atoms with Gasteiger partial charge in [0.05, 0.1) is 10.7 Å². The van der Waals surface area contributed by atoms with Crippen LogP contribution in [0, 0.1) is 0 Å². The lowest BCUT2D eigenvalue weighted by molar-refractivity contribution is -0.131. The molecule has 2 aromatic carbocycles. The highest BCUT2D eigenvalue weighted by Crippen LogP contribution is 2.26.